The summed E-state index contributed by atoms with van der Waals surface area (Å²) in [5.41, 5.74) is 1.19. The van der Waals surface area contributed by atoms with Crippen molar-refractivity contribution in [2.24, 2.45) is 7.05 Å². The Bertz CT molecular complexity index is 1230. The van der Waals surface area contributed by atoms with Crippen LogP contribution < -0.4 is 11.0 Å². The maximum Gasteiger partial charge on any atom is 0.350 e. The number of carbonyl (C=O) groups is 2. The molecule has 2 aromatic carbocycles. The number of hydrogen-bond acceptors (Lipinski definition) is 5. The van der Waals surface area contributed by atoms with E-state index in [1.807, 2.05) is 12.1 Å². The first-order valence-corrected chi connectivity index (χ1v) is 10.0. The zero-order chi connectivity index (χ0) is 23.8. The van der Waals surface area contributed by atoms with Gasteiger partial charge in [-0.05, 0) is 35.2 Å². The fraction of sp³-hybridized carbons (Fsp3) is 0.304. The van der Waals surface area contributed by atoms with Gasteiger partial charge in [-0.1, -0.05) is 39.0 Å². The molecular formula is C23H27N5O4. The molecule has 0 atom stereocenters. The number of benzene rings is 2. The van der Waals surface area contributed by atoms with E-state index in [1.165, 1.54) is 24.1 Å². The maximum absolute atomic E-state index is 12.8. The number of carbonyl (C=O) groups excluding carboxylic acids is 2. The van der Waals surface area contributed by atoms with Crippen LogP contribution in [-0.2, 0) is 12.5 Å². The van der Waals surface area contributed by atoms with Gasteiger partial charge in [0.1, 0.15) is 0 Å². The van der Waals surface area contributed by atoms with Crippen molar-refractivity contribution >= 4 is 17.5 Å². The zero-order valence-electron chi connectivity index (χ0n) is 19.0. The smallest absolute Gasteiger partial charge is 0.350 e. The van der Waals surface area contributed by atoms with Crippen LogP contribution in [0.3, 0.4) is 0 Å². The summed E-state index contributed by atoms with van der Waals surface area (Å²) in [6.45, 7) is 6.27. The number of para-hydroxylation sites is 1. The number of nitrogens with one attached hydrogen (secondary N) is 1. The maximum atomic E-state index is 12.8. The fourth-order valence-electron chi connectivity index (χ4n) is 3.14. The van der Waals surface area contributed by atoms with E-state index in [0.29, 0.717) is 5.69 Å². The van der Waals surface area contributed by atoms with Crippen LogP contribution in [0.5, 0.6) is 5.75 Å². The van der Waals surface area contributed by atoms with Crippen LogP contribution in [-0.4, -0.2) is 50.3 Å². The van der Waals surface area contributed by atoms with E-state index >= 15 is 0 Å². The molecule has 0 fully saturated rings. The highest BCUT2D eigenvalue weighted by atomic mass is 16.3. The molecule has 2 amide bonds. The van der Waals surface area contributed by atoms with Crippen molar-refractivity contribution in [1.82, 2.24) is 19.2 Å². The van der Waals surface area contributed by atoms with Crippen LogP contribution in [0.1, 0.15) is 47.3 Å². The number of rotatable bonds is 4. The highest BCUT2D eigenvalue weighted by Crippen LogP contribution is 2.28. The molecule has 0 aliphatic rings. The Morgan fingerprint density at radius 3 is 2.25 bits per heavy atom. The molecule has 0 aliphatic carbocycles. The predicted octanol–water partition coefficient (Wildman–Crippen LogP) is 2.53. The molecular weight excluding hydrogens is 410 g/mol. The van der Waals surface area contributed by atoms with Crippen LogP contribution in [0.15, 0.2) is 47.3 Å². The Kier molecular flexibility index (Phi) is 5.94. The predicted molar refractivity (Wildman–Crippen MR) is 122 cm³/mol. The minimum Gasteiger partial charge on any atom is -0.505 e. The third-order valence-electron chi connectivity index (χ3n) is 5.08. The molecule has 168 valence electrons. The summed E-state index contributed by atoms with van der Waals surface area (Å²) in [6.07, 6.45) is 0. The monoisotopic (exact) mass is 437 g/mol. The lowest BCUT2D eigenvalue weighted by atomic mass is 9.87. The Morgan fingerprint density at radius 2 is 1.69 bits per heavy atom. The van der Waals surface area contributed by atoms with Crippen LogP contribution in [0.4, 0.5) is 5.69 Å². The van der Waals surface area contributed by atoms with Crippen molar-refractivity contribution in [3.8, 4) is 11.4 Å². The molecule has 3 rings (SSSR count). The standard InChI is InChI=1S/C23H27N5O4/c1-23(2,3)14-10-12-15(13-11-14)28-22(32)27(6)19(25-28)20(30)24-17-9-7-8-16(18(17)29)21(31)26(4)5/h7-13,29H,1-6H3,(H,24,30). The topological polar surface area (TPSA) is 109 Å². The quantitative estimate of drug-likeness (QED) is 0.610. The lowest BCUT2D eigenvalue weighted by Crippen LogP contribution is -2.24. The number of nitrogens with zero attached hydrogens (tertiary/aromatic N) is 4. The Hall–Kier alpha value is -3.88. The molecule has 0 saturated carbocycles. The van der Waals surface area contributed by atoms with E-state index in [-0.39, 0.29) is 28.2 Å². The molecule has 9 heteroatoms. The van der Waals surface area contributed by atoms with E-state index in [1.54, 1.807) is 32.3 Å². The summed E-state index contributed by atoms with van der Waals surface area (Å²) in [7, 11) is 4.56. The van der Waals surface area contributed by atoms with Gasteiger partial charge in [0.05, 0.1) is 16.9 Å². The summed E-state index contributed by atoms with van der Waals surface area (Å²) in [5.74, 6) is -1.60. The van der Waals surface area contributed by atoms with Crippen LogP contribution in [0, 0.1) is 0 Å². The molecule has 2 N–H and O–H groups in total. The second kappa shape index (κ2) is 8.33. The van der Waals surface area contributed by atoms with Gasteiger partial charge in [0.2, 0.25) is 5.82 Å². The van der Waals surface area contributed by atoms with Crippen molar-refractivity contribution < 1.29 is 14.7 Å². The molecule has 1 aromatic heterocycles. The average Bonchev–Trinajstić information content (AvgIpc) is 3.03. The van der Waals surface area contributed by atoms with E-state index in [0.717, 1.165) is 14.8 Å². The number of phenolic OH excluding ortho intramolecular Hbond substituents is 1. The third kappa shape index (κ3) is 4.27. The summed E-state index contributed by atoms with van der Waals surface area (Å²) in [6, 6.07) is 11.8. The second-order valence-corrected chi connectivity index (χ2v) is 8.73. The molecule has 0 bridgehead atoms. The van der Waals surface area contributed by atoms with Crippen molar-refractivity contribution in [3.05, 3.63) is 69.9 Å². The van der Waals surface area contributed by atoms with Crippen molar-refractivity contribution in [1.29, 1.82) is 0 Å². The van der Waals surface area contributed by atoms with E-state index < -0.39 is 17.5 Å². The normalized spacial score (nSPS) is 11.3. The Balaban J connectivity index is 1.92. The molecule has 0 unspecified atom stereocenters. The number of anilines is 1. The molecule has 0 saturated heterocycles. The highest BCUT2D eigenvalue weighted by molar-refractivity contribution is 6.05. The summed E-state index contributed by atoms with van der Waals surface area (Å²) in [4.78, 5) is 39.1. The van der Waals surface area contributed by atoms with Gasteiger partial charge < -0.3 is 15.3 Å². The molecule has 1 heterocycles. The minimum absolute atomic E-state index is 0.0385. The van der Waals surface area contributed by atoms with Crippen LogP contribution in [0.25, 0.3) is 5.69 Å². The van der Waals surface area contributed by atoms with Crippen LogP contribution in [0.2, 0.25) is 0 Å². The summed E-state index contributed by atoms with van der Waals surface area (Å²) < 4.78 is 2.27. The molecule has 0 radical (unpaired) electrons. The molecule has 0 spiro atoms. The number of aromatic hydroxyl groups is 1. The van der Waals surface area contributed by atoms with Gasteiger partial charge in [-0.3, -0.25) is 14.2 Å². The summed E-state index contributed by atoms with van der Waals surface area (Å²) in [5, 5.41) is 17.2. The summed E-state index contributed by atoms with van der Waals surface area (Å²) >= 11 is 0. The molecule has 3 aromatic rings. The van der Waals surface area contributed by atoms with Crippen molar-refractivity contribution in [2.45, 2.75) is 26.2 Å². The van der Waals surface area contributed by atoms with E-state index in [2.05, 4.69) is 31.2 Å². The molecule has 9 nitrogen and oxygen atoms in total. The van der Waals surface area contributed by atoms with Gasteiger partial charge in [0.15, 0.2) is 5.75 Å². The number of phenols is 1. The average molecular weight is 438 g/mol. The second-order valence-electron chi connectivity index (χ2n) is 8.73. The van der Waals surface area contributed by atoms with Gasteiger partial charge in [0, 0.05) is 21.1 Å². The van der Waals surface area contributed by atoms with Crippen molar-refractivity contribution in [3.63, 3.8) is 0 Å². The van der Waals surface area contributed by atoms with E-state index in [9.17, 15) is 19.5 Å². The first-order chi connectivity index (χ1) is 14.9. The number of hydrogen-bond donors (Lipinski definition) is 2. The van der Waals surface area contributed by atoms with Gasteiger partial charge in [-0.2, -0.15) is 4.68 Å². The SMILES string of the molecule is CN(C)C(=O)c1cccc(NC(=O)c2nn(-c3ccc(C(C)(C)C)cc3)c(=O)n2C)c1O. The zero-order valence-corrected chi connectivity index (χ0v) is 19.0. The lowest BCUT2D eigenvalue weighted by Gasteiger charge is -2.18. The van der Waals surface area contributed by atoms with Gasteiger partial charge in [-0.25, -0.2) is 4.79 Å². The van der Waals surface area contributed by atoms with E-state index in [4.69, 9.17) is 0 Å². The van der Waals surface area contributed by atoms with Crippen LogP contribution >= 0.6 is 0 Å². The number of aromatic nitrogens is 3. The fourth-order valence-corrected chi connectivity index (χ4v) is 3.14. The third-order valence-corrected chi connectivity index (χ3v) is 5.08. The molecule has 0 aliphatic heterocycles. The Labute approximate surface area is 185 Å². The van der Waals surface area contributed by atoms with Gasteiger partial charge in [-0.15, -0.1) is 5.10 Å². The first kappa shape index (κ1) is 22.8. The molecule has 32 heavy (non-hydrogen) atoms. The van der Waals surface area contributed by atoms with Crippen molar-refractivity contribution in [2.75, 3.05) is 19.4 Å². The van der Waals surface area contributed by atoms with Gasteiger partial charge in [0.25, 0.3) is 11.8 Å². The largest absolute Gasteiger partial charge is 0.505 e. The Morgan fingerprint density at radius 1 is 1.06 bits per heavy atom. The number of amides is 2. The highest BCUT2D eigenvalue weighted by Gasteiger charge is 2.22. The first-order valence-electron chi connectivity index (χ1n) is 10.0. The van der Waals surface area contributed by atoms with Gasteiger partial charge >= 0.3 is 5.69 Å². The minimum atomic E-state index is -0.695. The lowest BCUT2D eigenvalue weighted by molar-refractivity contribution is 0.0824.